The van der Waals surface area contributed by atoms with Gasteiger partial charge >= 0.3 is 0 Å². The van der Waals surface area contributed by atoms with E-state index in [-0.39, 0.29) is 30.7 Å². The smallest absolute Gasteiger partial charge is 0.224 e. The van der Waals surface area contributed by atoms with E-state index in [1.54, 1.807) is 0 Å². The Labute approximate surface area is 121 Å². The molecule has 7 heteroatoms. The molecule has 0 bridgehead atoms. The normalized spacial score (nSPS) is 21.1. The van der Waals surface area contributed by atoms with E-state index >= 15 is 0 Å². The quantitative estimate of drug-likeness (QED) is 0.741. The number of carbonyl (C=O) groups excluding carboxylic acids is 1. The zero-order valence-electron chi connectivity index (χ0n) is 12.6. The molecule has 0 aromatic carbocycles. The van der Waals surface area contributed by atoms with Gasteiger partial charge in [-0.2, -0.15) is 0 Å². The minimum Gasteiger partial charge on any atom is -0.384 e. The van der Waals surface area contributed by atoms with Crippen LogP contribution >= 0.6 is 0 Å². The lowest BCUT2D eigenvalue weighted by molar-refractivity contribution is -0.126. The second-order valence-corrected chi connectivity index (χ2v) is 7.73. The number of ether oxygens (including phenoxy) is 1. The van der Waals surface area contributed by atoms with Crippen molar-refractivity contribution in [1.82, 2.24) is 9.62 Å². The summed E-state index contributed by atoms with van der Waals surface area (Å²) in [6.07, 6.45) is 1.48. The lowest BCUT2D eigenvalue weighted by atomic mass is 9.98. The van der Waals surface area contributed by atoms with Crippen molar-refractivity contribution in [2.75, 3.05) is 39.1 Å². The van der Waals surface area contributed by atoms with Gasteiger partial charge in [0.2, 0.25) is 15.9 Å². The highest BCUT2D eigenvalue weighted by molar-refractivity contribution is 7.89. The van der Waals surface area contributed by atoms with Gasteiger partial charge in [-0.3, -0.25) is 4.79 Å². The molecule has 6 nitrogen and oxygen atoms in total. The molecule has 1 heterocycles. The van der Waals surface area contributed by atoms with Gasteiger partial charge in [0.1, 0.15) is 0 Å². The number of methoxy groups -OCH3 is 1. The van der Waals surface area contributed by atoms with Crippen LogP contribution in [-0.4, -0.2) is 57.7 Å². The maximum absolute atomic E-state index is 12.1. The highest BCUT2D eigenvalue weighted by Crippen LogP contribution is 2.19. The van der Waals surface area contributed by atoms with E-state index in [1.807, 2.05) is 13.8 Å². The van der Waals surface area contributed by atoms with Gasteiger partial charge in [-0.1, -0.05) is 13.8 Å². The van der Waals surface area contributed by atoms with Crippen LogP contribution in [-0.2, 0) is 19.6 Å². The van der Waals surface area contributed by atoms with Gasteiger partial charge < -0.3 is 10.1 Å². The first-order valence-electron chi connectivity index (χ1n) is 7.11. The average Bonchev–Trinajstić information content (AvgIpc) is 2.42. The molecule has 1 fully saturated rings. The van der Waals surface area contributed by atoms with Crippen molar-refractivity contribution < 1.29 is 17.9 Å². The Bertz CT molecular complexity index is 409. The van der Waals surface area contributed by atoms with Crippen molar-refractivity contribution in [3.05, 3.63) is 0 Å². The highest BCUT2D eigenvalue weighted by Gasteiger charge is 2.31. The predicted molar refractivity (Wildman–Crippen MR) is 77.8 cm³/mol. The van der Waals surface area contributed by atoms with Gasteiger partial charge in [-0.25, -0.2) is 12.7 Å². The van der Waals surface area contributed by atoms with Gasteiger partial charge in [0.15, 0.2) is 0 Å². The third-order valence-corrected chi connectivity index (χ3v) is 5.18. The van der Waals surface area contributed by atoms with Crippen LogP contribution in [0, 0.1) is 11.8 Å². The summed E-state index contributed by atoms with van der Waals surface area (Å²) in [7, 11) is -1.83. The van der Waals surface area contributed by atoms with E-state index in [4.69, 9.17) is 4.74 Å². The summed E-state index contributed by atoms with van der Waals surface area (Å²) in [6, 6.07) is 0. The molecule has 0 radical (unpaired) electrons. The van der Waals surface area contributed by atoms with Crippen LogP contribution in [0.25, 0.3) is 0 Å². The number of hydrogen-bond acceptors (Lipinski definition) is 4. The molecule has 1 amide bonds. The molecule has 0 aliphatic carbocycles. The van der Waals surface area contributed by atoms with Crippen molar-refractivity contribution in [1.29, 1.82) is 0 Å². The lowest BCUT2D eigenvalue weighted by Gasteiger charge is -2.31. The monoisotopic (exact) mass is 306 g/mol. The number of rotatable bonds is 7. The van der Waals surface area contributed by atoms with Gasteiger partial charge in [0.05, 0.1) is 18.3 Å². The Morgan fingerprint density at radius 2 is 2.15 bits per heavy atom. The first-order chi connectivity index (χ1) is 9.36. The summed E-state index contributed by atoms with van der Waals surface area (Å²) >= 11 is 0. The Morgan fingerprint density at radius 3 is 2.75 bits per heavy atom. The van der Waals surface area contributed by atoms with E-state index in [0.29, 0.717) is 19.0 Å². The molecule has 1 N–H and O–H groups in total. The fourth-order valence-corrected chi connectivity index (χ4v) is 3.63. The molecular weight excluding hydrogens is 280 g/mol. The van der Waals surface area contributed by atoms with Crippen molar-refractivity contribution in [2.45, 2.75) is 26.7 Å². The SMILES string of the molecule is COCCS(=O)(=O)N1CCCC(C(=O)NCC(C)C)C1. The molecule has 1 rings (SSSR count). The molecule has 1 saturated heterocycles. The predicted octanol–water partition coefficient (Wildman–Crippen LogP) is 0.447. The summed E-state index contributed by atoms with van der Waals surface area (Å²) in [5, 5.41) is 2.88. The molecule has 1 atom stereocenters. The molecule has 1 aliphatic rings. The van der Waals surface area contributed by atoms with Crippen LogP contribution in [0.15, 0.2) is 0 Å². The molecule has 0 saturated carbocycles. The Morgan fingerprint density at radius 1 is 1.45 bits per heavy atom. The van der Waals surface area contributed by atoms with Gasteiger partial charge in [-0.05, 0) is 18.8 Å². The molecule has 0 aromatic heterocycles. The number of amides is 1. The fourth-order valence-electron chi connectivity index (χ4n) is 2.18. The molecule has 1 aliphatic heterocycles. The molecule has 118 valence electrons. The molecule has 20 heavy (non-hydrogen) atoms. The van der Waals surface area contributed by atoms with Gasteiger partial charge in [0.25, 0.3) is 0 Å². The summed E-state index contributed by atoms with van der Waals surface area (Å²) in [6.45, 7) is 5.66. The largest absolute Gasteiger partial charge is 0.384 e. The number of hydrogen-bond donors (Lipinski definition) is 1. The van der Waals surface area contributed by atoms with E-state index in [0.717, 1.165) is 12.8 Å². The first-order valence-corrected chi connectivity index (χ1v) is 8.72. The number of sulfonamides is 1. The van der Waals surface area contributed by atoms with E-state index in [1.165, 1.54) is 11.4 Å². The average molecular weight is 306 g/mol. The standard InChI is InChI=1S/C13H26N2O4S/c1-11(2)9-14-13(16)12-5-4-6-15(10-12)20(17,18)8-7-19-3/h11-12H,4-10H2,1-3H3,(H,14,16). The summed E-state index contributed by atoms with van der Waals surface area (Å²) in [5.41, 5.74) is 0. The number of nitrogens with one attached hydrogen (secondary N) is 1. The highest BCUT2D eigenvalue weighted by atomic mass is 32.2. The van der Waals surface area contributed by atoms with Crippen molar-refractivity contribution in [3.8, 4) is 0 Å². The van der Waals surface area contributed by atoms with Crippen LogP contribution in [0.4, 0.5) is 0 Å². The second-order valence-electron chi connectivity index (χ2n) is 5.64. The maximum Gasteiger partial charge on any atom is 0.224 e. The molecule has 1 unspecified atom stereocenters. The minimum absolute atomic E-state index is 0.0240. The van der Waals surface area contributed by atoms with Crippen LogP contribution < -0.4 is 5.32 Å². The van der Waals surface area contributed by atoms with Crippen LogP contribution in [0.5, 0.6) is 0 Å². The number of carbonyl (C=O) groups is 1. The molecular formula is C13H26N2O4S. The van der Waals surface area contributed by atoms with Crippen molar-refractivity contribution >= 4 is 15.9 Å². The van der Waals surface area contributed by atoms with E-state index in [2.05, 4.69) is 5.32 Å². The van der Waals surface area contributed by atoms with Crippen molar-refractivity contribution in [3.63, 3.8) is 0 Å². The zero-order chi connectivity index (χ0) is 15.2. The third kappa shape index (κ3) is 5.38. The van der Waals surface area contributed by atoms with Crippen LogP contribution in [0.3, 0.4) is 0 Å². The summed E-state index contributed by atoms with van der Waals surface area (Å²) < 4.78 is 30.4. The van der Waals surface area contributed by atoms with Gasteiger partial charge in [0, 0.05) is 26.7 Å². The maximum atomic E-state index is 12.1. The molecule has 0 spiro atoms. The van der Waals surface area contributed by atoms with Gasteiger partial charge in [-0.15, -0.1) is 0 Å². The van der Waals surface area contributed by atoms with E-state index in [9.17, 15) is 13.2 Å². The first kappa shape index (κ1) is 17.4. The lowest BCUT2D eigenvalue weighted by Crippen LogP contribution is -2.46. The molecule has 0 aromatic rings. The topological polar surface area (TPSA) is 75.7 Å². The number of nitrogens with zero attached hydrogens (tertiary/aromatic N) is 1. The Balaban J connectivity index is 2.55. The van der Waals surface area contributed by atoms with Crippen molar-refractivity contribution in [2.24, 2.45) is 11.8 Å². The second kappa shape index (κ2) is 7.95. The Hall–Kier alpha value is -0.660. The Kier molecular flexibility index (Phi) is 6.91. The van der Waals surface area contributed by atoms with Crippen LogP contribution in [0.2, 0.25) is 0 Å². The van der Waals surface area contributed by atoms with Crippen LogP contribution in [0.1, 0.15) is 26.7 Å². The number of piperidine rings is 1. The minimum atomic E-state index is -3.31. The third-order valence-electron chi connectivity index (χ3n) is 3.38. The fraction of sp³-hybridized carbons (Fsp3) is 0.923. The summed E-state index contributed by atoms with van der Waals surface area (Å²) in [4.78, 5) is 12.0. The zero-order valence-corrected chi connectivity index (χ0v) is 13.4. The van der Waals surface area contributed by atoms with E-state index < -0.39 is 10.0 Å². The summed E-state index contributed by atoms with van der Waals surface area (Å²) in [5.74, 6) is 0.0957.